The zero-order valence-corrected chi connectivity index (χ0v) is 8.17. The molecule has 0 amide bonds. The van der Waals surface area contributed by atoms with Gasteiger partial charge in [-0.2, -0.15) is 0 Å². The highest BCUT2D eigenvalue weighted by Gasteiger charge is 2.28. The van der Waals surface area contributed by atoms with E-state index < -0.39 is 5.97 Å². The fourth-order valence-electron chi connectivity index (χ4n) is 2.24. The first-order valence-corrected chi connectivity index (χ1v) is 5.08. The number of rotatable bonds is 1. The molecule has 1 aromatic rings. The highest BCUT2D eigenvalue weighted by atomic mass is 16.4. The van der Waals surface area contributed by atoms with Crippen LogP contribution in [0.2, 0.25) is 0 Å². The number of carboxylic acids is 1. The summed E-state index contributed by atoms with van der Waals surface area (Å²) < 4.78 is 5.58. The van der Waals surface area contributed by atoms with Crippen LogP contribution in [-0.2, 0) is 17.6 Å². The van der Waals surface area contributed by atoms with Crippen LogP contribution in [0.25, 0.3) is 6.08 Å². The summed E-state index contributed by atoms with van der Waals surface area (Å²) >= 11 is 0. The molecule has 0 saturated heterocycles. The first-order chi connectivity index (χ1) is 7.25. The van der Waals surface area contributed by atoms with Crippen molar-refractivity contribution < 1.29 is 14.3 Å². The summed E-state index contributed by atoms with van der Waals surface area (Å²) in [4.78, 5) is 10.8. The van der Waals surface area contributed by atoms with Crippen LogP contribution < -0.4 is 5.32 Å². The van der Waals surface area contributed by atoms with Gasteiger partial charge < -0.3 is 14.8 Å². The average Bonchev–Trinajstić information content (AvgIpc) is 2.73. The Bertz CT molecular complexity index is 470. The van der Waals surface area contributed by atoms with Gasteiger partial charge in [0.05, 0.1) is 0 Å². The second-order valence-corrected chi connectivity index (χ2v) is 3.93. The van der Waals surface area contributed by atoms with E-state index in [9.17, 15) is 4.79 Å². The molecule has 1 aromatic heterocycles. The third-order valence-electron chi connectivity index (χ3n) is 2.98. The fourth-order valence-corrected chi connectivity index (χ4v) is 2.24. The molecule has 0 unspecified atom stereocenters. The maximum atomic E-state index is 10.8. The van der Waals surface area contributed by atoms with Crippen molar-refractivity contribution >= 4 is 17.9 Å². The summed E-state index contributed by atoms with van der Waals surface area (Å²) in [5, 5.41) is 12.1. The topological polar surface area (TPSA) is 62.5 Å². The standard InChI is InChI=1S/C11H11NO3/c13-11(14)6-4-8-7-2-1-3-12-10(7)15-9(8)5-6/h5,12H,1-4H2,(H,13,14). The van der Waals surface area contributed by atoms with Gasteiger partial charge in [0.2, 0.25) is 0 Å². The van der Waals surface area contributed by atoms with Gasteiger partial charge in [0.25, 0.3) is 0 Å². The van der Waals surface area contributed by atoms with Crippen molar-refractivity contribution in [2.75, 3.05) is 11.9 Å². The van der Waals surface area contributed by atoms with E-state index in [1.54, 1.807) is 6.08 Å². The van der Waals surface area contributed by atoms with Crippen molar-refractivity contribution in [3.63, 3.8) is 0 Å². The number of hydrogen-bond donors (Lipinski definition) is 2. The van der Waals surface area contributed by atoms with Crippen LogP contribution in [-0.4, -0.2) is 17.6 Å². The molecule has 78 valence electrons. The van der Waals surface area contributed by atoms with Crippen LogP contribution in [0.15, 0.2) is 9.99 Å². The summed E-state index contributed by atoms with van der Waals surface area (Å²) in [5.41, 5.74) is 2.66. The van der Waals surface area contributed by atoms with Gasteiger partial charge in [-0.15, -0.1) is 0 Å². The van der Waals surface area contributed by atoms with Gasteiger partial charge in [-0.05, 0) is 18.9 Å². The van der Waals surface area contributed by atoms with E-state index in [1.165, 1.54) is 5.56 Å². The molecule has 2 heterocycles. The summed E-state index contributed by atoms with van der Waals surface area (Å²) in [6.07, 6.45) is 4.21. The van der Waals surface area contributed by atoms with Crippen molar-refractivity contribution in [3.8, 4) is 0 Å². The van der Waals surface area contributed by atoms with Crippen molar-refractivity contribution in [1.29, 1.82) is 0 Å². The molecule has 1 aliphatic carbocycles. The SMILES string of the molecule is O=C(O)C1=Cc2oc3c(c2C1)CCCN3. The maximum Gasteiger partial charge on any atom is 0.332 e. The molecular formula is C11H11NO3. The molecule has 2 aliphatic rings. The lowest BCUT2D eigenvalue weighted by atomic mass is 10.0. The zero-order valence-electron chi connectivity index (χ0n) is 8.17. The second-order valence-electron chi connectivity index (χ2n) is 3.93. The lowest BCUT2D eigenvalue weighted by Crippen LogP contribution is -2.11. The predicted octanol–water partition coefficient (Wildman–Crippen LogP) is 1.66. The van der Waals surface area contributed by atoms with Crippen molar-refractivity contribution in [2.24, 2.45) is 0 Å². The molecule has 0 saturated carbocycles. The monoisotopic (exact) mass is 205 g/mol. The van der Waals surface area contributed by atoms with Crippen molar-refractivity contribution in [1.82, 2.24) is 0 Å². The molecule has 15 heavy (non-hydrogen) atoms. The number of carbonyl (C=O) groups is 1. The molecule has 1 aliphatic heterocycles. The molecule has 0 spiro atoms. The average molecular weight is 205 g/mol. The highest BCUT2D eigenvalue weighted by molar-refractivity contribution is 5.95. The largest absolute Gasteiger partial charge is 0.478 e. The minimum Gasteiger partial charge on any atom is -0.478 e. The van der Waals surface area contributed by atoms with Crippen molar-refractivity contribution in [2.45, 2.75) is 19.3 Å². The van der Waals surface area contributed by atoms with Crippen LogP contribution in [0.5, 0.6) is 0 Å². The Hall–Kier alpha value is -1.71. The molecule has 0 bridgehead atoms. The summed E-state index contributed by atoms with van der Waals surface area (Å²) in [7, 11) is 0. The minimum absolute atomic E-state index is 0.428. The number of fused-ring (bicyclic) bond motifs is 3. The number of furan rings is 1. The Kier molecular flexibility index (Phi) is 1.65. The number of nitrogens with one attached hydrogen (secondary N) is 1. The normalized spacial score (nSPS) is 17.7. The lowest BCUT2D eigenvalue weighted by molar-refractivity contribution is -0.132. The Balaban J connectivity index is 2.04. The van der Waals surface area contributed by atoms with E-state index in [0.717, 1.165) is 36.6 Å². The summed E-state index contributed by atoms with van der Waals surface area (Å²) in [5.74, 6) is 0.720. The number of carboxylic acid groups (broad SMARTS) is 1. The van der Waals surface area contributed by atoms with Crippen molar-refractivity contribution in [3.05, 3.63) is 22.5 Å². The van der Waals surface area contributed by atoms with E-state index >= 15 is 0 Å². The van der Waals surface area contributed by atoms with Gasteiger partial charge in [0.15, 0.2) is 5.88 Å². The molecule has 0 fully saturated rings. The van der Waals surface area contributed by atoms with Crippen LogP contribution in [0.3, 0.4) is 0 Å². The Morgan fingerprint density at radius 1 is 1.47 bits per heavy atom. The summed E-state index contributed by atoms with van der Waals surface area (Å²) in [6.45, 7) is 0.939. The molecule has 0 radical (unpaired) electrons. The van der Waals surface area contributed by atoms with E-state index in [-0.39, 0.29) is 0 Å². The van der Waals surface area contributed by atoms with Crippen LogP contribution >= 0.6 is 0 Å². The van der Waals surface area contributed by atoms with E-state index in [4.69, 9.17) is 9.52 Å². The van der Waals surface area contributed by atoms with Gasteiger partial charge >= 0.3 is 5.97 Å². The lowest BCUT2D eigenvalue weighted by Gasteiger charge is -2.12. The van der Waals surface area contributed by atoms with Gasteiger partial charge in [-0.25, -0.2) is 4.79 Å². The van der Waals surface area contributed by atoms with Gasteiger partial charge in [0, 0.05) is 29.7 Å². The first-order valence-electron chi connectivity index (χ1n) is 5.08. The first kappa shape index (κ1) is 8.59. The number of hydrogen-bond acceptors (Lipinski definition) is 3. The smallest absolute Gasteiger partial charge is 0.332 e. The fraction of sp³-hybridized carbons (Fsp3) is 0.364. The number of aliphatic carboxylic acids is 1. The molecule has 4 heteroatoms. The van der Waals surface area contributed by atoms with Gasteiger partial charge in [0.1, 0.15) is 5.76 Å². The predicted molar refractivity (Wildman–Crippen MR) is 54.8 cm³/mol. The maximum absolute atomic E-state index is 10.8. The molecule has 0 aromatic carbocycles. The van der Waals surface area contributed by atoms with Gasteiger partial charge in [-0.1, -0.05) is 0 Å². The molecule has 3 rings (SSSR count). The Morgan fingerprint density at radius 3 is 3.13 bits per heavy atom. The third kappa shape index (κ3) is 1.17. The highest BCUT2D eigenvalue weighted by Crippen LogP contribution is 2.37. The second kappa shape index (κ2) is 2.89. The Labute approximate surface area is 86.6 Å². The van der Waals surface area contributed by atoms with Crippen LogP contribution in [0, 0.1) is 0 Å². The quantitative estimate of drug-likeness (QED) is 0.732. The third-order valence-corrected chi connectivity index (χ3v) is 2.98. The summed E-state index contributed by atoms with van der Waals surface area (Å²) in [6, 6.07) is 0. The van der Waals surface area contributed by atoms with E-state index in [2.05, 4.69) is 5.32 Å². The molecule has 4 nitrogen and oxygen atoms in total. The number of anilines is 1. The molecule has 2 N–H and O–H groups in total. The van der Waals surface area contributed by atoms with E-state index in [1.807, 2.05) is 0 Å². The zero-order chi connectivity index (χ0) is 10.4. The molecule has 0 atom stereocenters. The Morgan fingerprint density at radius 2 is 2.33 bits per heavy atom. The van der Waals surface area contributed by atoms with E-state index in [0.29, 0.717) is 12.0 Å². The van der Waals surface area contributed by atoms with Crippen LogP contribution in [0.4, 0.5) is 5.88 Å². The van der Waals surface area contributed by atoms with Crippen LogP contribution in [0.1, 0.15) is 23.3 Å². The molecular weight excluding hydrogens is 194 g/mol. The van der Waals surface area contributed by atoms with Gasteiger partial charge in [-0.3, -0.25) is 0 Å². The minimum atomic E-state index is -0.848.